The number of benzene rings is 1. The van der Waals surface area contributed by atoms with Gasteiger partial charge in [-0.1, -0.05) is 36.9 Å². The Labute approximate surface area is 124 Å². The Balaban J connectivity index is 1.98. The number of aromatic nitrogens is 2. The lowest BCUT2D eigenvalue weighted by atomic mass is 9.94. The molecule has 0 aliphatic heterocycles. The lowest BCUT2D eigenvalue weighted by Crippen LogP contribution is -2.34. The Hall–Kier alpha value is -1.61. The summed E-state index contributed by atoms with van der Waals surface area (Å²) in [6.07, 6.45) is 9.83. The van der Waals surface area contributed by atoms with E-state index in [2.05, 4.69) is 20.9 Å². The number of halogens is 1. The molecule has 0 saturated heterocycles. The van der Waals surface area contributed by atoms with Gasteiger partial charge in [0.1, 0.15) is 0 Å². The van der Waals surface area contributed by atoms with Crippen LogP contribution in [0, 0.1) is 0 Å². The fourth-order valence-corrected chi connectivity index (χ4v) is 3.05. The molecule has 1 aliphatic rings. The van der Waals surface area contributed by atoms with Crippen LogP contribution in [0.1, 0.15) is 32.1 Å². The molecule has 2 aromatic rings. The summed E-state index contributed by atoms with van der Waals surface area (Å²) in [7, 11) is 0. The van der Waals surface area contributed by atoms with Gasteiger partial charge in [0.05, 0.1) is 0 Å². The van der Waals surface area contributed by atoms with E-state index >= 15 is 0 Å². The lowest BCUT2D eigenvalue weighted by Gasteiger charge is -2.34. The molecule has 0 amide bonds. The minimum absolute atomic E-state index is 0.463. The highest BCUT2D eigenvalue weighted by Crippen LogP contribution is 2.33. The monoisotopic (exact) mass is 287 g/mol. The van der Waals surface area contributed by atoms with Crippen molar-refractivity contribution in [2.45, 2.75) is 38.1 Å². The molecule has 0 atom stereocenters. The molecule has 1 aromatic carbocycles. The Kier molecular flexibility index (Phi) is 4.16. The van der Waals surface area contributed by atoms with Crippen LogP contribution in [0.2, 0.25) is 5.02 Å². The summed E-state index contributed by atoms with van der Waals surface area (Å²) >= 11 is 6.15. The second kappa shape index (κ2) is 6.23. The first-order valence-corrected chi connectivity index (χ1v) is 7.54. The largest absolute Gasteiger partial charge is 0.307 e. The maximum Gasteiger partial charge on any atom is 0.230 e. The Morgan fingerprint density at radius 3 is 2.45 bits per heavy atom. The molecule has 1 heterocycles. The maximum absolute atomic E-state index is 6.15. The van der Waals surface area contributed by atoms with Gasteiger partial charge in [-0.05, 0) is 37.1 Å². The molecule has 1 fully saturated rings. The topological polar surface area (TPSA) is 29.0 Å². The van der Waals surface area contributed by atoms with E-state index in [0.717, 1.165) is 16.7 Å². The summed E-state index contributed by atoms with van der Waals surface area (Å²) < 4.78 is 0. The van der Waals surface area contributed by atoms with Gasteiger partial charge >= 0.3 is 0 Å². The summed E-state index contributed by atoms with van der Waals surface area (Å²) in [6, 6.07) is 10.3. The average Bonchev–Trinajstić information content (AvgIpc) is 2.50. The zero-order valence-electron chi connectivity index (χ0n) is 11.4. The van der Waals surface area contributed by atoms with Crippen molar-refractivity contribution in [3.8, 4) is 0 Å². The summed E-state index contributed by atoms with van der Waals surface area (Å²) in [6.45, 7) is 0. The van der Waals surface area contributed by atoms with E-state index in [1.807, 2.05) is 24.3 Å². The highest BCUT2D eigenvalue weighted by Gasteiger charge is 2.24. The maximum atomic E-state index is 6.15. The van der Waals surface area contributed by atoms with Gasteiger partial charge in [0.25, 0.3) is 0 Å². The fraction of sp³-hybridized carbons (Fsp3) is 0.375. The van der Waals surface area contributed by atoms with E-state index in [-0.39, 0.29) is 0 Å². The predicted octanol–water partition coefficient (Wildman–Crippen LogP) is 4.60. The Morgan fingerprint density at radius 2 is 1.75 bits per heavy atom. The van der Waals surface area contributed by atoms with E-state index in [4.69, 9.17) is 11.6 Å². The molecule has 3 nitrogen and oxygen atoms in total. The van der Waals surface area contributed by atoms with Gasteiger partial charge in [-0.15, -0.1) is 0 Å². The van der Waals surface area contributed by atoms with Crippen LogP contribution < -0.4 is 4.90 Å². The first kappa shape index (κ1) is 13.4. The number of hydrogen-bond acceptors (Lipinski definition) is 3. The Bertz CT molecular complexity index is 553. The SMILES string of the molecule is Clc1cccc(N(c2ncccn2)C2CCCCC2)c1. The van der Waals surface area contributed by atoms with Gasteiger partial charge in [0.2, 0.25) is 5.95 Å². The summed E-state index contributed by atoms with van der Waals surface area (Å²) in [5.41, 5.74) is 1.08. The highest BCUT2D eigenvalue weighted by atomic mass is 35.5. The molecular weight excluding hydrogens is 270 g/mol. The zero-order chi connectivity index (χ0) is 13.8. The normalized spacial score (nSPS) is 16.1. The quantitative estimate of drug-likeness (QED) is 0.826. The van der Waals surface area contributed by atoms with E-state index in [1.54, 1.807) is 12.4 Å². The summed E-state index contributed by atoms with van der Waals surface area (Å²) in [5, 5.41) is 0.749. The molecule has 0 unspecified atom stereocenters. The van der Waals surface area contributed by atoms with Gasteiger partial charge < -0.3 is 4.90 Å². The van der Waals surface area contributed by atoms with E-state index < -0.39 is 0 Å². The molecule has 104 valence electrons. The van der Waals surface area contributed by atoms with Gasteiger partial charge in [-0.2, -0.15) is 0 Å². The number of anilines is 2. The fourth-order valence-electron chi connectivity index (χ4n) is 2.87. The molecule has 20 heavy (non-hydrogen) atoms. The van der Waals surface area contributed by atoms with E-state index in [0.29, 0.717) is 6.04 Å². The molecule has 0 spiro atoms. The van der Waals surface area contributed by atoms with Crippen LogP contribution in [0.3, 0.4) is 0 Å². The third-order valence-electron chi connectivity index (χ3n) is 3.79. The number of nitrogens with zero attached hydrogens (tertiary/aromatic N) is 3. The van der Waals surface area contributed by atoms with Gasteiger partial charge in [-0.25, -0.2) is 9.97 Å². The second-order valence-corrected chi connectivity index (χ2v) is 5.63. The van der Waals surface area contributed by atoms with Crippen LogP contribution >= 0.6 is 11.6 Å². The van der Waals surface area contributed by atoms with Crippen molar-refractivity contribution in [2.24, 2.45) is 0 Å². The Morgan fingerprint density at radius 1 is 1.00 bits per heavy atom. The van der Waals surface area contributed by atoms with Crippen molar-refractivity contribution in [1.29, 1.82) is 0 Å². The standard InChI is InChI=1S/C16H18ClN3/c17-13-6-4-9-15(12-13)20(14-7-2-1-3-8-14)16-18-10-5-11-19-16/h4-6,9-12,14H,1-3,7-8H2. The van der Waals surface area contributed by atoms with Gasteiger partial charge in [0.15, 0.2) is 0 Å². The molecule has 4 heteroatoms. The zero-order valence-corrected chi connectivity index (χ0v) is 12.1. The minimum atomic E-state index is 0.463. The van der Waals surface area contributed by atoms with E-state index in [9.17, 15) is 0 Å². The second-order valence-electron chi connectivity index (χ2n) is 5.19. The van der Waals surface area contributed by atoms with Crippen LogP contribution in [0.5, 0.6) is 0 Å². The van der Waals surface area contributed by atoms with Crippen LogP contribution in [0.15, 0.2) is 42.7 Å². The molecule has 1 aliphatic carbocycles. The highest BCUT2D eigenvalue weighted by molar-refractivity contribution is 6.30. The van der Waals surface area contributed by atoms with Crippen molar-refractivity contribution in [3.63, 3.8) is 0 Å². The first-order valence-electron chi connectivity index (χ1n) is 7.16. The van der Waals surface area contributed by atoms with Crippen molar-refractivity contribution >= 4 is 23.2 Å². The third-order valence-corrected chi connectivity index (χ3v) is 4.03. The average molecular weight is 288 g/mol. The van der Waals surface area contributed by atoms with Crippen molar-refractivity contribution in [2.75, 3.05) is 4.90 Å². The van der Waals surface area contributed by atoms with Crippen molar-refractivity contribution < 1.29 is 0 Å². The van der Waals surface area contributed by atoms with E-state index in [1.165, 1.54) is 32.1 Å². The summed E-state index contributed by atoms with van der Waals surface area (Å²) in [5.74, 6) is 0.765. The molecule has 0 radical (unpaired) electrons. The predicted molar refractivity (Wildman–Crippen MR) is 82.5 cm³/mol. The van der Waals surface area contributed by atoms with Crippen molar-refractivity contribution in [3.05, 3.63) is 47.7 Å². The van der Waals surface area contributed by atoms with Gasteiger partial charge in [0, 0.05) is 29.1 Å². The van der Waals surface area contributed by atoms with Crippen LogP contribution in [-0.2, 0) is 0 Å². The molecular formula is C16H18ClN3. The number of rotatable bonds is 3. The molecule has 1 saturated carbocycles. The van der Waals surface area contributed by atoms with Crippen LogP contribution in [0.4, 0.5) is 11.6 Å². The third kappa shape index (κ3) is 2.93. The minimum Gasteiger partial charge on any atom is -0.307 e. The van der Waals surface area contributed by atoms with Crippen molar-refractivity contribution in [1.82, 2.24) is 9.97 Å². The lowest BCUT2D eigenvalue weighted by molar-refractivity contribution is 0.433. The van der Waals surface area contributed by atoms with Gasteiger partial charge in [-0.3, -0.25) is 0 Å². The number of hydrogen-bond donors (Lipinski definition) is 0. The van der Waals surface area contributed by atoms with Crippen LogP contribution in [0.25, 0.3) is 0 Å². The molecule has 1 aromatic heterocycles. The van der Waals surface area contributed by atoms with Crippen LogP contribution in [-0.4, -0.2) is 16.0 Å². The smallest absolute Gasteiger partial charge is 0.230 e. The first-order chi connectivity index (χ1) is 9.84. The molecule has 0 N–H and O–H groups in total. The summed E-state index contributed by atoms with van der Waals surface area (Å²) in [4.78, 5) is 11.1. The molecule has 0 bridgehead atoms. The molecule has 3 rings (SSSR count).